The maximum Gasteiger partial charge on any atom is 0.257 e. The average molecular weight is 270 g/mol. The van der Waals surface area contributed by atoms with E-state index in [-0.39, 0.29) is 11.5 Å². The number of nitrogens with zero attached hydrogens (tertiary/aromatic N) is 1. The summed E-state index contributed by atoms with van der Waals surface area (Å²) in [5.74, 6) is -0.212. The van der Waals surface area contributed by atoms with E-state index in [1.807, 2.05) is 32.9 Å². The van der Waals surface area contributed by atoms with Crippen LogP contribution in [0.5, 0.6) is 0 Å². The summed E-state index contributed by atoms with van der Waals surface area (Å²) in [7, 11) is 1.63. The summed E-state index contributed by atoms with van der Waals surface area (Å²) in [6.45, 7) is 5.96. The van der Waals surface area contributed by atoms with Crippen molar-refractivity contribution in [3.8, 4) is 0 Å². The molecule has 1 aromatic carbocycles. The number of hydrogen-bond donors (Lipinski definition) is 1. The van der Waals surface area contributed by atoms with E-state index in [9.17, 15) is 9.59 Å². The van der Waals surface area contributed by atoms with Crippen molar-refractivity contribution < 1.29 is 4.79 Å². The number of rotatable bonds is 2. The van der Waals surface area contributed by atoms with E-state index in [0.717, 1.165) is 16.8 Å². The molecule has 0 saturated carbocycles. The van der Waals surface area contributed by atoms with Gasteiger partial charge in [0, 0.05) is 25.0 Å². The van der Waals surface area contributed by atoms with Gasteiger partial charge in [0.2, 0.25) is 5.56 Å². The largest absolute Gasteiger partial charge is 0.321 e. The minimum absolute atomic E-state index is 0.135. The van der Waals surface area contributed by atoms with Gasteiger partial charge >= 0.3 is 0 Å². The van der Waals surface area contributed by atoms with E-state index in [4.69, 9.17) is 0 Å². The molecule has 20 heavy (non-hydrogen) atoms. The number of aromatic nitrogens is 1. The number of amides is 1. The fourth-order valence-corrected chi connectivity index (χ4v) is 2.29. The van der Waals surface area contributed by atoms with Crippen LogP contribution in [0.1, 0.15) is 27.0 Å². The van der Waals surface area contributed by atoms with E-state index in [0.29, 0.717) is 5.56 Å². The zero-order chi connectivity index (χ0) is 14.9. The highest BCUT2D eigenvalue weighted by atomic mass is 16.2. The number of carbonyl (C=O) groups excluding carboxylic acids is 1. The first-order chi connectivity index (χ1) is 9.38. The molecule has 0 aliphatic carbocycles. The summed E-state index contributed by atoms with van der Waals surface area (Å²) in [4.78, 5) is 23.6. The Morgan fingerprint density at radius 3 is 2.25 bits per heavy atom. The van der Waals surface area contributed by atoms with Crippen LogP contribution in [-0.2, 0) is 7.05 Å². The molecule has 104 valence electrons. The van der Waals surface area contributed by atoms with Gasteiger partial charge in [0.25, 0.3) is 5.91 Å². The summed E-state index contributed by atoms with van der Waals surface area (Å²) in [5, 5.41) is 2.91. The van der Waals surface area contributed by atoms with Crippen molar-refractivity contribution >= 4 is 11.6 Å². The number of pyridine rings is 1. The van der Waals surface area contributed by atoms with Gasteiger partial charge in [-0.25, -0.2) is 0 Å². The number of aryl methyl sites for hydroxylation is 4. The second kappa shape index (κ2) is 5.33. The number of carbonyl (C=O) groups is 1. The normalized spacial score (nSPS) is 10.4. The molecule has 1 heterocycles. The summed E-state index contributed by atoms with van der Waals surface area (Å²) >= 11 is 0. The number of anilines is 1. The molecule has 1 amide bonds. The molecule has 0 unspecified atom stereocenters. The Hall–Kier alpha value is -2.36. The molecule has 0 radical (unpaired) electrons. The molecule has 0 aliphatic rings. The SMILES string of the molecule is Cc1cc(C)c(NC(=O)c2ccc(=O)n(C)c2)c(C)c1. The topological polar surface area (TPSA) is 51.1 Å². The predicted octanol–water partition coefficient (Wildman–Crippen LogP) is 2.56. The third kappa shape index (κ3) is 2.79. The van der Waals surface area contributed by atoms with Crippen LogP contribution in [0.4, 0.5) is 5.69 Å². The van der Waals surface area contributed by atoms with Crippen LogP contribution in [-0.4, -0.2) is 10.5 Å². The fourth-order valence-electron chi connectivity index (χ4n) is 2.29. The van der Waals surface area contributed by atoms with Crippen LogP contribution in [0.3, 0.4) is 0 Å². The van der Waals surface area contributed by atoms with Crippen molar-refractivity contribution in [2.24, 2.45) is 7.05 Å². The highest BCUT2D eigenvalue weighted by Crippen LogP contribution is 2.22. The molecular weight excluding hydrogens is 252 g/mol. The highest BCUT2D eigenvalue weighted by molar-refractivity contribution is 6.04. The zero-order valence-corrected chi connectivity index (χ0v) is 12.2. The van der Waals surface area contributed by atoms with E-state index in [2.05, 4.69) is 5.32 Å². The molecular formula is C16H18N2O2. The highest BCUT2D eigenvalue weighted by Gasteiger charge is 2.11. The van der Waals surface area contributed by atoms with Crippen molar-refractivity contribution in [3.63, 3.8) is 0 Å². The lowest BCUT2D eigenvalue weighted by Crippen LogP contribution is -2.20. The van der Waals surface area contributed by atoms with Crippen LogP contribution >= 0.6 is 0 Å². The Bertz CT molecular complexity index is 706. The number of hydrogen-bond acceptors (Lipinski definition) is 2. The predicted molar refractivity (Wildman–Crippen MR) is 80.3 cm³/mol. The molecule has 0 fully saturated rings. The van der Waals surface area contributed by atoms with Crippen molar-refractivity contribution in [2.45, 2.75) is 20.8 Å². The Morgan fingerprint density at radius 1 is 1.10 bits per heavy atom. The van der Waals surface area contributed by atoms with Gasteiger partial charge in [-0.15, -0.1) is 0 Å². The van der Waals surface area contributed by atoms with Gasteiger partial charge in [0.05, 0.1) is 5.56 Å². The minimum atomic E-state index is -0.212. The molecule has 0 bridgehead atoms. The fraction of sp³-hybridized carbons (Fsp3) is 0.250. The molecule has 2 rings (SSSR count). The van der Waals surface area contributed by atoms with Crippen LogP contribution < -0.4 is 10.9 Å². The van der Waals surface area contributed by atoms with Crippen LogP contribution in [0.15, 0.2) is 35.3 Å². The molecule has 0 aliphatic heterocycles. The van der Waals surface area contributed by atoms with Crippen molar-refractivity contribution in [3.05, 3.63) is 63.1 Å². The van der Waals surface area contributed by atoms with Crippen LogP contribution in [0.2, 0.25) is 0 Å². The summed E-state index contributed by atoms with van der Waals surface area (Å²) in [6, 6.07) is 6.99. The molecule has 4 heteroatoms. The first kappa shape index (κ1) is 14.1. The lowest BCUT2D eigenvalue weighted by atomic mass is 10.0. The Labute approximate surface area is 118 Å². The number of nitrogens with one attached hydrogen (secondary N) is 1. The molecule has 2 aromatic rings. The van der Waals surface area contributed by atoms with E-state index < -0.39 is 0 Å². The minimum Gasteiger partial charge on any atom is -0.321 e. The van der Waals surface area contributed by atoms with Crippen molar-refractivity contribution in [1.29, 1.82) is 0 Å². The Balaban J connectivity index is 2.32. The third-order valence-corrected chi connectivity index (χ3v) is 3.26. The van der Waals surface area contributed by atoms with E-state index in [1.165, 1.54) is 28.5 Å². The molecule has 1 N–H and O–H groups in total. The average Bonchev–Trinajstić information content (AvgIpc) is 2.36. The monoisotopic (exact) mass is 270 g/mol. The zero-order valence-electron chi connectivity index (χ0n) is 12.2. The number of benzene rings is 1. The molecule has 0 atom stereocenters. The van der Waals surface area contributed by atoms with Gasteiger partial charge in [-0.1, -0.05) is 17.7 Å². The lowest BCUT2D eigenvalue weighted by Gasteiger charge is -2.13. The van der Waals surface area contributed by atoms with Gasteiger partial charge in [0.1, 0.15) is 0 Å². The first-order valence-corrected chi connectivity index (χ1v) is 6.44. The second-order valence-corrected chi connectivity index (χ2v) is 5.09. The molecule has 1 aromatic heterocycles. The molecule has 0 saturated heterocycles. The van der Waals surface area contributed by atoms with Crippen molar-refractivity contribution in [2.75, 3.05) is 5.32 Å². The van der Waals surface area contributed by atoms with Crippen LogP contribution in [0.25, 0.3) is 0 Å². The van der Waals surface area contributed by atoms with Gasteiger partial charge in [0.15, 0.2) is 0 Å². The molecule has 4 nitrogen and oxygen atoms in total. The first-order valence-electron chi connectivity index (χ1n) is 6.44. The summed E-state index contributed by atoms with van der Waals surface area (Å²) in [6.07, 6.45) is 1.54. The van der Waals surface area contributed by atoms with E-state index in [1.54, 1.807) is 7.05 Å². The summed E-state index contributed by atoms with van der Waals surface area (Å²) in [5.41, 5.74) is 4.38. The standard InChI is InChI=1S/C16H18N2O2/c1-10-7-11(2)15(12(3)8-10)17-16(20)13-5-6-14(19)18(4)9-13/h5-9H,1-4H3,(H,17,20). The maximum absolute atomic E-state index is 12.2. The maximum atomic E-state index is 12.2. The van der Waals surface area contributed by atoms with Gasteiger partial charge < -0.3 is 9.88 Å². The quantitative estimate of drug-likeness (QED) is 0.911. The van der Waals surface area contributed by atoms with E-state index >= 15 is 0 Å². The van der Waals surface area contributed by atoms with Gasteiger partial charge in [-0.05, 0) is 38.0 Å². The Morgan fingerprint density at radius 2 is 1.70 bits per heavy atom. The van der Waals surface area contributed by atoms with Gasteiger partial charge in [-0.2, -0.15) is 0 Å². The lowest BCUT2D eigenvalue weighted by molar-refractivity contribution is 0.102. The smallest absolute Gasteiger partial charge is 0.257 e. The summed E-state index contributed by atoms with van der Waals surface area (Å²) < 4.78 is 1.39. The van der Waals surface area contributed by atoms with Gasteiger partial charge in [-0.3, -0.25) is 9.59 Å². The molecule has 0 spiro atoms. The van der Waals surface area contributed by atoms with Crippen LogP contribution in [0, 0.1) is 20.8 Å². The Kier molecular flexibility index (Phi) is 3.74. The third-order valence-electron chi connectivity index (χ3n) is 3.26. The van der Waals surface area contributed by atoms with Crippen molar-refractivity contribution in [1.82, 2.24) is 4.57 Å². The second-order valence-electron chi connectivity index (χ2n) is 5.09.